The van der Waals surface area contributed by atoms with Gasteiger partial charge in [-0.3, -0.25) is 19.7 Å². The maximum atomic E-state index is 15.0. The van der Waals surface area contributed by atoms with Crippen LogP contribution in [0, 0.1) is 11.6 Å². The van der Waals surface area contributed by atoms with Crippen LogP contribution in [0.3, 0.4) is 0 Å². The zero-order chi connectivity index (χ0) is 30.0. The number of nitrogens with one attached hydrogen (secondary N) is 1. The van der Waals surface area contributed by atoms with Gasteiger partial charge in [0.2, 0.25) is 5.75 Å². The summed E-state index contributed by atoms with van der Waals surface area (Å²) in [5.41, 5.74) is -1.08. The maximum absolute atomic E-state index is 15.0. The van der Waals surface area contributed by atoms with Gasteiger partial charge in [-0.05, 0) is 48.5 Å². The summed E-state index contributed by atoms with van der Waals surface area (Å²) in [6, 6.07) is 13.2. The normalized spacial score (nSPS) is 10.8. The quantitative estimate of drug-likeness (QED) is 0.294. The monoisotopic (exact) mass is 576 g/mol. The van der Waals surface area contributed by atoms with Gasteiger partial charge < -0.3 is 18.9 Å². The summed E-state index contributed by atoms with van der Waals surface area (Å²) in [4.78, 5) is 42.3. The lowest BCUT2D eigenvalue weighted by Crippen LogP contribution is -2.38. The minimum atomic E-state index is -1.12. The van der Waals surface area contributed by atoms with Crippen LogP contribution in [0.1, 0.15) is 0 Å². The van der Waals surface area contributed by atoms with Gasteiger partial charge >= 0.3 is 17.3 Å². The molecule has 3 aromatic carbocycles. The number of fused-ring (bicyclic) bond motifs is 1. The third-order valence-corrected chi connectivity index (χ3v) is 6.11. The van der Waals surface area contributed by atoms with E-state index in [1.165, 1.54) is 51.7 Å². The fourth-order valence-corrected chi connectivity index (χ4v) is 4.09. The number of halogens is 2. The second-order valence-electron chi connectivity index (χ2n) is 8.80. The first-order valence-electron chi connectivity index (χ1n) is 12.2. The van der Waals surface area contributed by atoms with Gasteiger partial charge in [0.05, 0.1) is 31.6 Å². The van der Waals surface area contributed by atoms with Gasteiger partial charge in [0, 0.05) is 36.5 Å². The van der Waals surface area contributed by atoms with E-state index >= 15 is 4.39 Å². The summed E-state index contributed by atoms with van der Waals surface area (Å²) in [5, 5.41) is 2.87. The predicted molar refractivity (Wildman–Crippen MR) is 148 cm³/mol. The number of hydrogen-bond acceptors (Lipinski definition) is 8. The molecular weight excluding hydrogens is 554 g/mol. The van der Waals surface area contributed by atoms with Crippen LogP contribution in [0.5, 0.6) is 28.7 Å². The Morgan fingerprint density at radius 2 is 1.57 bits per heavy atom. The Morgan fingerprint density at radius 3 is 2.26 bits per heavy atom. The third kappa shape index (κ3) is 5.47. The highest BCUT2D eigenvalue weighted by Crippen LogP contribution is 2.37. The molecule has 0 aliphatic heterocycles. The largest absolute Gasteiger partial charge is 0.493 e. The number of benzene rings is 3. The van der Waals surface area contributed by atoms with Crippen LogP contribution in [0.4, 0.5) is 19.3 Å². The minimum Gasteiger partial charge on any atom is -0.493 e. The van der Waals surface area contributed by atoms with Gasteiger partial charge in [-0.25, -0.2) is 22.9 Å². The Morgan fingerprint density at radius 1 is 0.857 bits per heavy atom. The number of pyridine rings is 1. The smallest absolute Gasteiger partial charge is 0.417 e. The number of anilines is 1. The van der Waals surface area contributed by atoms with Crippen molar-refractivity contribution in [2.45, 2.75) is 0 Å². The van der Waals surface area contributed by atoms with E-state index in [1.54, 1.807) is 18.2 Å². The lowest BCUT2D eigenvalue weighted by molar-refractivity contribution is 0.214. The van der Waals surface area contributed by atoms with Crippen LogP contribution < -0.4 is 35.5 Å². The first-order valence-corrected chi connectivity index (χ1v) is 12.2. The summed E-state index contributed by atoms with van der Waals surface area (Å²) in [7, 11) is 4.33. The molecule has 2 aromatic heterocycles. The predicted octanol–water partition coefficient (Wildman–Crippen LogP) is 4.78. The van der Waals surface area contributed by atoms with E-state index in [-0.39, 0.29) is 17.1 Å². The van der Waals surface area contributed by atoms with E-state index in [0.29, 0.717) is 28.2 Å². The van der Waals surface area contributed by atoms with E-state index in [0.717, 1.165) is 33.5 Å². The zero-order valence-electron chi connectivity index (χ0n) is 22.4. The van der Waals surface area contributed by atoms with Crippen molar-refractivity contribution >= 4 is 22.7 Å². The molecule has 11 nitrogen and oxygen atoms in total. The highest BCUT2D eigenvalue weighted by molar-refractivity contribution is 5.88. The lowest BCUT2D eigenvalue weighted by atomic mass is 10.2. The number of ether oxygens (including phenoxy) is 4. The van der Waals surface area contributed by atoms with E-state index in [4.69, 9.17) is 18.9 Å². The second kappa shape index (κ2) is 11.4. The highest BCUT2D eigenvalue weighted by atomic mass is 19.1. The van der Waals surface area contributed by atoms with Crippen molar-refractivity contribution in [3.8, 4) is 34.4 Å². The molecule has 0 aliphatic rings. The number of aromatic nitrogens is 3. The number of aryl methyl sites for hydroxylation is 1. The first-order chi connectivity index (χ1) is 20.2. The molecule has 214 valence electrons. The zero-order valence-corrected chi connectivity index (χ0v) is 22.4. The van der Waals surface area contributed by atoms with Crippen LogP contribution in [-0.4, -0.2) is 34.4 Å². The van der Waals surface area contributed by atoms with E-state index in [1.807, 2.05) is 0 Å². The summed E-state index contributed by atoms with van der Waals surface area (Å²) < 4.78 is 51.6. The van der Waals surface area contributed by atoms with E-state index < -0.39 is 34.7 Å². The molecule has 5 aromatic rings. The number of amides is 1. The Hall–Kier alpha value is -5.72. The number of hydrogen-bond donors (Lipinski definition) is 1. The molecule has 0 radical (unpaired) electrons. The number of carbonyl (C=O) groups excluding carboxylic acids is 1. The Bertz CT molecular complexity index is 1940. The molecule has 2 heterocycles. The first kappa shape index (κ1) is 27.8. The van der Waals surface area contributed by atoms with Crippen molar-refractivity contribution in [1.82, 2.24) is 14.1 Å². The number of nitrogens with zero attached hydrogens (tertiary/aromatic N) is 3. The van der Waals surface area contributed by atoms with Crippen LogP contribution >= 0.6 is 0 Å². The molecular formula is C29H22F2N4O7. The van der Waals surface area contributed by atoms with Crippen molar-refractivity contribution < 1.29 is 32.5 Å². The molecule has 0 unspecified atom stereocenters. The van der Waals surface area contributed by atoms with Crippen molar-refractivity contribution in [3.63, 3.8) is 0 Å². The molecule has 0 bridgehead atoms. The van der Waals surface area contributed by atoms with Gasteiger partial charge in [0.1, 0.15) is 11.6 Å². The van der Waals surface area contributed by atoms with Gasteiger partial charge in [-0.15, -0.1) is 0 Å². The van der Waals surface area contributed by atoms with Gasteiger partial charge in [-0.2, -0.15) is 0 Å². The van der Waals surface area contributed by atoms with Crippen molar-refractivity contribution in [3.05, 3.63) is 106 Å². The van der Waals surface area contributed by atoms with E-state index in [2.05, 4.69) is 10.3 Å². The van der Waals surface area contributed by atoms with E-state index in [9.17, 15) is 18.8 Å². The summed E-state index contributed by atoms with van der Waals surface area (Å²) >= 11 is 0. The summed E-state index contributed by atoms with van der Waals surface area (Å²) in [5.74, 6) is -0.799. The number of methoxy groups -OCH3 is 2. The number of rotatable bonds is 7. The average molecular weight is 577 g/mol. The van der Waals surface area contributed by atoms with Crippen LogP contribution in [0.15, 0.2) is 82.6 Å². The topological polar surface area (TPSA) is 123 Å². The summed E-state index contributed by atoms with van der Waals surface area (Å²) in [6.45, 7) is 0. The fraction of sp³-hybridized carbons (Fsp3) is 0.103. The molecule has 1 amide bonds. The molecule has 0 saturated heterocycles. The van der Waals surface area contributed by atoms with Crippen molar-refractivity contribution in [2.24, 2.45) is 7.05 Å². The Balaban J connectivity index is 1.35. The van der Waals surface area contributed by atoms with Crippen molar-refractivity contribution in [1.29, 1.82) is 0 Å². The van der Waals surface area contributed by atoms with Gasteiger partial charge in [-0.1, -0.05) is 0 Å². The summed E-state index contributed by atoms with van der Waals surface area (Å²) in [6.07, 6.45) is 1.41. The van der Waals surface area contributed by atoms with Gasteiger partial charge in [0.25, 0.3) is 0 Å². The SMILES string of the molecule is COc1cc2nccc(Oc3ccc(NC(=O)Oc4cn(C)c(=O)n(-c5ccc(F)cc5)c4=O)cc3F)c2cc1OC. The highest BCUT2D eigenvalue weighted by Gasteiger charge is 2.18. The molecule has 1 N–H and O–H groups in total. The minimum absolute atomic E-state index is 0.000443. The average Bonchev–Trinajstić information content (AvgIpc) is 2.97. The molecule has 42 heavy (non-hydrogen) atoms. The van der Waals surface area contributed by atoms with Crippen LogP contribution in [0.2, 0.25) is 0 Å². The van der Waals surface area contributed by atoms with Gasteiger partial charge in [0.15, 0.2) is 23.1 Å². The lowest BCUT2D eigenvalue weighted by Gasteiger charge is -2.13. The van der Waals surface area contributed by atoms with Crippen molar-refractivity contribution in [2.75, 3.05) is 19.5 Å². The third-order valence-electron chi connectivity index (χ3n) is 6.11. The molecule has 0 fully saturated rings. The Labute approximate surface area is 236 Å². The Kier molecular flexibility index (Phi) is 7.56. The maximum Gasteiger partial charge on any atom is 0.417 e. The van der Waals surface area contributed by atoms with Crippen LogP contribution in [0.25, 0.3) is 16.6 Å². The van der Waals surface area contributed by atoms with Crippen LogP contribution in [-0.2, 0) is 7.05 Å². The molecule has 0 spiro atoms. The molecule has 0 atom stereocenters. The second-order valence-corrected chi connectivity index (χ2v) is 8.80. The standard InChI is InChI=1S/C29H22F2N4O7/c1-34-15-26(27(36)35(29(34)38)18-7-4-16(30)5-8-18)42-28(37)33-17-6-9-23(20(31)12-17)41-22-10-11-32-21-14-25(40-3)24(39-2)13-19(21)22/h4-15H,1-3H3,(H,33,37). The molecule has 5 rings (SSSR count). The fourth-order valence-electron chi connectivity index (χ4n) is 4.09. The number of carbonyl (C=O) groups is 1. The molecule has 0 saturated carbocycles. The molecule has 0 aliphatic carbocycles. The molecule has 13 heteroatoms.